The van der Waals surface area contributed by atoms with Gasteiger partial charge in [-0.1, -0.05) is 0 Å². The number of phosphoric acid groups is 1. The topological polar surface area (TPSA) is 91.0 Å². The van der Waals surface area contributed by atoms with Crippen molar-refractivity contribution in [1.29, 1.82) is 0 Å². The van der Waals surface area contributed by atoms with Gasteiger partial charge in [-0.15, -0.1) is 0 Å². The van der Waals surface area contributed by atoms with Crippen molar-refractivity contribution in [2.24, 2.45) is 5.73 Å². The molecular weight excluding hydrogens is 185 g/mol. The van der Waals surface area contributed by atoms with Crippen LogP contribution in [0.2, 0.25) is 0 Å². The number of hydrogen-bond acceptors (Lipinski definition) is 5. The van der Waals surface area contributed by atoms with Crippen LogP contribution in [0.15, 0.2) is 0 Å². The highest BCUT2D eigenvalue weighted by Gasteiger charge is 2.17. The maximum atomic E-state index is 10.6. The van der Waals surface area contributed by atoms with Gasteiger partial charge in [0.05, 0.1) is 19.8 Å². The second-order valence-corrected chi connectivity index (χ2v) is 3.45. The first kappa shape index (κ1) is 12.0. The summed E-state index contributed by atoms with van der Waals surface area (Å²) in [6, 6.07) is 0. The summed E-state index contributed by atoms with van der Waals surface area (Å²) < 4.78 is 24.1. The molecule has 0 rings (SSSR count). The molecule has 74 valence electrons. The van der Waals surface area contributed by atoms with Crippen molar-refractivity contribution in [3.8, 4) is 0 Å². The van der Waals surface area contributed by atoms with E-state index in [0.717, 1.165) is 7.11 Å². The molecule has 6 nitrogen and oxygen atoms in total. The molecule has 1 atom stereocenters. The Morgan fingerprint density at radius 1 is 1.42 bits per heavy atom. The highest BCUT2D eigenvalue weighted by molar-refractivity contribution is 7.47. The van der Waals surface area contributed by atoms with E-state index in [0.29, 0.717) is 13.2 Å². The molecular formula is C5H14NO5P. The van der Waals surface area contributed by atoms with E-state index in [1.807, 2.05) is 0 Å². The summed E-state index contributed by atoms with van der Waals surface area (Å²) in [6.07, 6.45) is 0. The Labute approximate surface area is 71.2 Å². The molecule has 0 radical (unpaired) electrons. The number of ether oxygens (including phenoxy) is 1. The summed E-state index contributed by atoms with van der Waals surface area (Å²) in [4.78, 5) is 8.71. The summed E-state index contributed by atoms with van der Waals surface area (Å²) in [7, 11) is -2.73. The van der Waals surface area contributed by atoms with Crippen molar-refractivity contribution < 1.29 is 23.2 Å². The zero-order valence-electron chi connectivity index (χ0n) is 6.93. The Morgan fingerprint density at radius 3 is 2.58 bits per heavy atom. The lowest BCUT2D eigenvalue weighted by atomic mass is 10.7. The first-order chi connectivity index (χ1) is 5.62. The van der Waals surface area contributed by atoms with E-state index in [-0.39, 0.29) is 13.2 Å². The van der Waals surface area contributed by atoms with Crippen molar-refractivity contribution in [3.63, 3.8) is 0 Å². The minimum atomic E-state index is -3.83. The van der Waals surface area contributed by atoms with Gasteiger partial charge < -0.3 is 15.4 Å². The van der Waals surface area contributed by atoms with Crippen LogP contribution in [0.1, 0.15) is 0 Å². The fourth-order valence-corrected chi connectivity index (χ4v) is 0.860. The smallest absolute Gasteiger partial charge is 0.378 e. The summed E-state index contributed by atoms with van der Waals surface area (Å²) >= 11 is 0. The predicted molar refractivity (Wildman–Crippen MR) is 42.7 cm³/mol. The first-order valence-corrected chi connectivity index (χ1v) is 4.93. The third kappa shape index (κ3) is 6.72. The Kier molecular flexibility index (Phi) is 6.55. The van der Waals surface area contributed by atoms with Crippen LogP contribution in [-0.4, -0.2) is 38.4 Å². The normalized spacial score (nSPS) is 15.9. The van der Waals surface area contributed by atoms with E-state index in [4.69, 9.17) is 15.4 Å². The van der Waals surface area contributed by atoms with Gasteiger partial charge in [0.1, 0.15) is 0 Å². The van der Waals surface area contributed by atoms with Crippen LogP contribution in [0.25, 0.3) is 0 Å². The molecule has 0 saturated heterocycles. The highest BCUT2D eigenvalue weighted by Crippen LogP contribution is 2.41. The molecule has 0 aliphatic carbocycles. The zero-order valence-corrected chi connectivity index (χ0v) is 7.83. The van der Waals surface area contributed by atoms with Gasteiger partial charge in [-0.25, -0.2) is 4.57 Å². The van der Waals surface area contributed by atoms with E-state index in [2.05, 4.69) is 9.05 Å². The van der Waals surface area contributed by atoms with Gasteiger partial charge in [0.25, 0.3) is 0 Å². The summed E-state index contributed by atoms with van der Waals surface area (Å²) in [5.41, 5.74) is 5.13. The predicted octanol–water partition coefficient (Wildman–Crippen LogP) is -0.275. The van der Waals surface area contributed by atoms with Crippen LogP contribution in [0.4, 0.5) is 0 Å². The largest absolute Gasteiger partial charge is 0.471 e. The van der Waals surface area contributed by atoms with Crippen LogP contribution >= 0.6 is 7.82 Å². The van der Waals surface area contributed by atoms with Crippen LogP contribution in [0, 0.1) is 0 Å². The molecule has 1 unspecified atom stereocenters. The average molecular weight is 199 g/mol. The fraction of sp³-hybridized carbons (Fsp3) is 1.00. The zero-order chi connectivity index (χ0) is 9.45. The van der Waals surface area contributed by atoms with E-state index in [1.54, 1.807) is 0 Å². The van der Waals surface area contributed by atoms with Crippen molar-refractivity contribution in [2.45, 2.75) is 0 Å². The maximum Gasteiger partial charge on any atom is 0.471 e. The molecule has 0 aromatic heterocycles. The quantitative estimate of drug-likeness (QED) is 0.433. The third-order valence-electron chi connectivity index (χ3n) is 0.975. The Morgan fingerprint density at radius 2 is 2.08 bits per heavy atom. The van der Waals surface area contributed by atoms with Gasteiger partial charge in [-0.05, 0) is 0 Å². The SMILES string of the molecule is COP(=O)(O)OCCOCCN. The minimum absolute atomic E-state index is 0.0155. The van der Waals surface area contributed by atoms with Crippen molar-refractivity contribution in [3.05, 3.63) is 0 Å². The van der Waals surface area contributed by atoms with E-state index in [9.17, 15) is 4.57 Å². The minimum Gasteiger partial charge on any atom is -0.378 e. The van der Waals surface area contributed by atoms with Gasteiger partial charge in [-0.2, -0.15) is 0 Å². The van der Waals surface area contributed by atoms with Crippen molar-refractivity contribution in [2.75, 3.05) is 33.5 Å². The van der Waals surface area contributed by atoms with Crippen molar-refractivity contribution >= 4 is 7.82 Å². The van der Waals surface area contributed by atoms with E-state index < -0.39 is 7.82 Å². The maximum absolute atomic E-state index is 10.6. The van der Waals surface area contributed by atoms with Crippen LogP contribution in [0.3, 0.4) is 0 Å². The van der Waals surface area contributed by atoms with Crippen molar-refractivity contribution in [1.82, 2.24) is 0 Å². The molecule has 0 saturated carbocycles. The Hall–Kier alpha value is 0.0300. The van der Waals surface area contributed by atoms with Crippen LogP contribution in [-0.2, 0) is 18.3 Å². The van der Waals surface area contributed by atoms with Gasteiger partial charge in [0, 0.05) is 13.7 Å². The molecule has 12 heavy (non-hydrogen) atoms. The van der Waals surface area contributed by atoms with Gasteiger partial charge in [0.15, 0.2) is 0 Å². The molecule has 0 aliphatic rings. The lowest BCUT2D eigenvalue weighted by molar-refractivity contribution is 0.0855. The van der Waals surface area contributed by atoms with Gasteiger partial charge >= 0.3 is 7.82 Å². The summed E-state index contributed by atoms with van der Waals surface area (Å²) in [5.74, 6) is 0. The molecule has 0 heterocycles. The lowest BCUT2D eigenvalue weighted by Crippen LogP contribution is -2.11. The molecule has 0 fully saturated rings. The van der Waals surface area contributed by atoms with Crippen LogP contribution in [0.5, 0.6) is 0 Å². The van der Waals surface area contributed by atoms with Gasteiger partial charge in [-0.3, -0.25) is 9.05 Å². The standard InChI is InChI=1S/C5H14NO5P/c1-9-12(7,8)11-5-4-10-3-2-6/h2-6H2,1H3,(H,7,8). The average Bonchev–Trinajstić information content (AvgIpc) is 2.04. The van der Waals surface area contributed by atoms with E-state index >= 15 is 0 Å². The molecule has 0 aliphatic heterocycles. The van der Waals surface area contributed by atoms with Gasteiger partial charge in [0.2, 0.25) is 0 Å². The molecule has 0 bridgehead atoms. The fourth-order valence-electron chi connectivity index (χ4n) is 0.450. The number of hydrogen-bond donors (Lipinski definition) is 2. The molecule has 3 N–H and O–H groups in total. The third-order valence-corrected chi connectivity index (χ3v) is 1.95. The monoisotopic (exact) mass is 199 g/mol. The lowest BCUT2D eigenvalue weighted by Gasteiger charge is -2.08. The summed E-state index contributed by atoms with van der Waals surface area (Å²) in [6.45, 7) is 1.07. The van der Waals surface area contributed by atoms with Crippen LogP contribution < -0.4 is 5.73 Å². The first-order valence-electron chi connectivity index (χ1n) is 3.43. The Balaban J connectivity index is 3.25. The number of phosphoric ester groups is 1. The number of rotatable bonds is 7. The second-order valence-electron chi connectivity index (χ2n) is 1.89. The number of nitrogens with two attached hydrogens (primary N) is 1. The molecule has 7 heteroatoms. The van der Waals surface area contributed by atoms with E-state index in [1.165, 1.54) is 0 Å². The second kappa shape index (κ2) is 6.54. The Bertz CT molecular complexity index is 153. The molecule has 0 aromatic rings. The molecule has 0 amide bonds. The molecule has 0 spiro atoms. The summed E-state index contributed by atoms with van der Waals surface area (Å²) in [5, 5.41) is 0. The molecule has 0 aromatic carbocycles. The highest BCUT2D eigenvalue weighted by atomic mass is 31.2.